The Bertz CT molecular complexity index is 217. The first-order chi connectivity index (χ1) is 6.68. The van der Waals surface area contributed by atoms with E-state index in [0.717, 1.165) is 32.2 Å². The Morgan fingerprint density at radius 3 is 2.14 bits per heavy atom. The normalized spacial score (nSPS) is 23.7. The van der Waals surface area contributed by atoms with Crippen LogP contribution in [0.15, 0.2) is 0 Å². The molecule has 1 saturated heterocycles. The number of urea groups is 1. The largest absolute Gasteiger partial charge is 0.331 e. The second-order valence-corrected chi connectivity index (χ2v) is 4.43. The van der Waals surface area contributed by atoms with Gasteiger partial charge >= 0.3 is 6.03 Å². The van der Waals surface area contributed by atoms with Crippen LogP contribution >= 0.6 is 0 Å². The van der Waals surface area contributed by atoms with Gasteiger partial charge < -0.3 is 9.80 Å². The molecule has 2 rings (SSSR count). The number of hydrogen-bond acceptors (Lipinski definition) is 2. The van der Waals surface area contributed by atoms with E-state index in [2.05, 4.69) is 4.90 Å². The first-order valence-corrected chi connectivity index (χ1v) is 5.39. The van der Waals surface area contributed by atoms with Crippen molar-refractivity contribution in [2.75, 3.05) is 40.3 Å². The number of carbonyl (C=O) groups is 1. The Morgan fingerprint density at radius 2 is 1.71 bits per heavy atom. The summed E-state index contributed by atoms with van der Waals surface area (Å²) in [5, 5.41) is 0. The lowest BCUT2D eigenvalue weighted by Crippen LogP contribution is -2.51. The molecule has 0 aromatic carbocycles. The van der Waals surface area contributed by atoms with Crippen LogP contribution in [0.5, 0.6) is 0 Å². The standard InChI is InChI=1S/C10H19N3O/c1-11(2)10(14)13-7-5-12(6-8-13)9-3-4-9/h9H,3-8H2,1-2H3. The molecule has 0 aromatic rings. The van der Waals surface area contributed by atoms with Crippen LogP contribution in [0.25, 0.3) is 0 Å². The summed E-state index contributed by atoms with van der Waals surface area (Å²) in [4.78, 5) is 17.7. The van der Waals surface area contributed by atoms with Crippen molar-refractivity contribution in [1.82, 2.24) is 14.7 Å². The van der Waals surface area contributed by atoms with Crippen molar-refractivity contribution in [3.8, 4) is 0 Å². The van der Waals surface area contributed by atoms with Gasteiger partial charge in [-0.05, 0) is 12.8 Å². The molecule has 1 aliphatic heterocycles. The van der Waals surface area contributed by atoms with E-state index in [1.165, 1.54) is 12.8 Å². The monoisotopic (exact) mass is 197 g/mol. The third kappa shape index (κ3) is 2.00. The molecule has 14 heavy (non-hydrogen) atoms. The van der Waals surface area contributed by atoms with Gasteiger partial charge in [-0.15, -0.1) is 0 Å². The molecule has 1 heterocycles. The number of amides is 2. The van der Waals surface area contributed by atoms with Crippen LogP contribution in [0.1, 0.15) is 12.8 Å². The minimum atomic E-state index is 0.153. The van der Waals surface area contributed by atoms with Gasteiger partial charge in [-0.3, -0.25) is 4.90 Å². The van der Waals surface area contributed by atoms with Crippen LogP contribution in [-0.2, 0) is 0 Å². The molecule has 0 N–H and O–H groups in total. The fourth-order valence-corrected chi connectivity index (χ4v) is 2.00. The van der Waals surface area contributed by atoms with Gasteiger partial charge in [0.1, 0.15) is 0 Å². The van der Waals surface area contributed by atoms with Crippen molar-refractivity contribution >= 4 is 6.03 Å². The smallest absolute Gasteiger partial charge is 0.319 e. The fourth-order valence-electron chi connectivity index (χ4n) is 2.00. The van der Waals surface area contributed by atoms with Crippen LogP contribution in [-0.4, -0.2) is 67.0 Å². The quantitative estimate of drug-likeness (QED) is 0.610. The molecule has 2 fully saturated rings. The Morgan fingerprint density at radius 1 is 1.14 bits per heavy atom. The van der Waals surface area contributed by atoms with E-state index in [0.29, 0.717) is 0 Å². The fraction of sp³-hybridized carbons (Fsp3) is 0.900. The van der Waals surface area contributed by atoms with Crippen LogP contribution in [0, 0.1) is 0 Å². The first kappa shape index (κ1) is 9.77. The van der Waals surface area contributed by atoms with Gasteiger partial charge in [-0.25, -0.2) is 4.79 Å². The maximum Gasteiger partial charge on any atom is 0.319 e. The topological polar surface area (TPSA) is 26.8 Å². The van der Waals surface area contributed by atoms with Gasteiger partial charge in [0.2, 0.25) is 0 Å². The predicted molar refractivity (Wildman–Crippen MR) is 55.3 cm³/mol. The summed E-state index contributed by atoms with van der Waals surface area (Å²) in [6.07, 6.45) is 2.73. The average molecular weight is 197 g/mol. The highest BCUT2D eigenvalue weighted by molar-refractivity contribution is 5.73. The van der Waals surface area contributed by atoms with Crippen molar-refractivity contribution in [2.45, 2.75) is 18.9 Å². The van der Waals surface area contributed by atoms with Crippen molar-refractivity contribution in [3.05, 3.63) is 0 Å². The number of nitrogens with zero attached hydrogens (tertiary/aromatic N) is 3. The Labute approximate surface area is 85.5 Å². The van der Waals surface area contributed by atoms with Crippen molar-refractivity contribution in [3.63, 3.8) is 0 Å². The first-order valence-electron chi connectivity index (χ1n) is 5.39. The van der Waals surface area contributed by atoms with E-state index < -0.39 is 0 Å². The maximum atomic E-state index is 11.6. The van der Waals surface area contributed by atoms with Gasteiger partial charge in [-0.2, -0.15) is 0 Å². The van der Waals surface area contributed by atoms with Crippen LogP contribution in [0.4, 0.5) is 4.79 Å². The third-order valence-electron chi connectivity index (χ3n) is 3.03. The lowest BCUT2D eigenvalue weighted by Gasteiger charge is -2.36. The van der Waals surface area contributed by atoms with E-state index in [9.17, 15) is 4.79 Å². The SMILES string of the molecule is CN(C)C(=O)N1CCN(C2CC2)CC1. The molecule has 0 atom stereocenters. The number of rotatable bonds is 1. The molecular formula is C10H19N3O. The second-order valence-electron chi connectivity index (χ2n) is 4.43. The molecule has 1 aliphatic carbocycles. The minimum absolute atomic E-state index is 0.153. The van der Waals surface area contributed by atoms with Gasteiger partial charge in [0.25, 0.3) is 0 Å². The molecule has 4 nitrogen and oxygen atoms in total. The molecule has 1 saturated carbocycles. The molecule has 2 amide bonds. The molecular weight excluding hydrogens is 178 g/mol. The highest BCUT2D eigenvalue weighted by atomic mass is 16.2. The number of hydrogen-bond donors (Lipinski definition) is 0. The summed E-state index contributed by atoms with van der Waals surface area (Å²) >= 11 is 0. The zero-order chi connectivity index (χ0) is 10.1. The number of carbonyl (C=O) groups excluding carboxylic acids is 1. The Hall–Kier alpha value is -0.770. The molecule has 0 bridgehead atoms. The summed E-state index contributed by atoms with van der Waals surface area (Å²) < 4.78 is 0. The molecule has 0 unspecified atom stereocenters. The highest BCUT2D eigenvalue weighted by Gasteiger charge is 2.32. The lowest BCUT2D eigenvalue weighted by molar-refractivity contribution is 0.119. The lowest BCUT2D eigenvalue weighted by atomic mass is 10.3. The molecule has 0 spiro atoms. The molecule has 80 valence electrons. The van der Waals surface area contributed by atoms with E-state index in [4.69, 9.17) is 0 Å². The Balaban J connectivity index is 1.80. The van der Waals surface area contributed by atoms with Crippen LogP contribution in [0.3, 0.4) is 0 Å². The van der Waals surface area contributed by atoms with E-state index >= 15 is 0 Å². The molecule has 2 aliphatic rings. The summed E-state index contributed by atoms with van der Waals surface area (Å²) in [6, 6.07) is 0.993. The molecule has 0 radical (unpaired) electrons. The highest BCUT2D eigenvalue weighted by Crippen LogP contribution is 2.27. The van der Waals surface area contributed by atoms with E-state index in [1.807, 2.05) is 19.0 Å². The summed E-state index contributed by atoms with van der Waals surface area (Å²) in [7, 11) is 3.63. The maximum absolute atomic E-state index is 11.6. The molecule has 0 aromatic heterocycles. The average Bonchev–Trinajstić information content (AvgIpc) is 3.00. The van der Waals surface area contributed by atoms with Crippen molar-refractivity contribution in [1.29, 1.82) is 0 Å². The third-order valence-corrected chi connectivity index (χ3v) is 3.03. The summed E-state index contributed by atoms with van der Waals surface area (Å²) in [5.41, 5.74) is 0. The van der Waals surface area contributed by atoms with Gasteiger partial charge in [0, 0.05) is 46.3 Å². The minimum Gasteiger partial charge on any atom is -0.331 e. The molecule has 4 heteroatoms. The Kier molecular flexibility index (Phi) is 2.63. The second kappa shape index (κ2) is 3.77. The predicted octanol–water partition coefficient (Wildman–Crippen LogP) is 0.448. The summed E-state index contributed by atoms with van der Waals surface area (Å²) in [5.74, 6) is 0. The van der Waals surface area contributed by atoms with Gasteiger partial charge in [0.05, 0.1) is 0 Å². The zero-order valence-electron chi connectivity index (χ0n) is 9.07. The van der Waals surface area contributed by atoms with E-state index in [1.54, 1.807) is 4.90 Å². The zero-order valence-corrected chi connectivity index (χ0v) is 9.07. The van der Waals surface area contributed by atoms with Crippen molar-refractivity contribution in [2.24, 2.45) is 0 Å². The van der Waals surface area contributed by atoms with Crippen molar-refractivity contribution < 1.29 is 4.79 Å². The van der Waals surface area contributed by atoms with Gasteiger partial charge in [-0.1, -0.05) is 0 Å². The van der Waals surface area contributed by atoms with Gasteiger partial charge in [0.15, 0.2) is 0 Å². The van der Waals surface area contributed by atoms with Crippen LogP contribution in [0.2, 0.25) is 0 Å². The number of piperazine rings is 1. The van der Waals surface area contributed by atoms with Crippen LogP contribution < -0.4 is 0 Å². The summed E-state index contributed by atoms with van der Waals surface area (Å²) in [6.45, 7) is 3.91. The van der Waals surface area contributed by atoms with E-state index in [-0.39, 0.29) is 6.03 Å².